The molecule has 3 unspecified atom stereocenters. The highest BCUT2D eigenvalue weighted by Gasteiger charge is 2.35. The van der Waals surface area contributed by atoms with Gasteiger partial charge in [-0.2, -0.15) is 0 Å². The Labute approximate surface area is 108 Å². The highest BCUT2D eigenvalue weighted by Crippen LogP contribution is 2.25. The van der Waals surface area contributed by atoms with Gasteiger partial charge in [0.2, 0.25) is 5.91 Å². The fraction of sp³-hybridized carbons (Fsp3) is 0.917. The van der Waals surface area contributed by atoms with Crippen LogP contribution in [-0.4, -0.2) is 38.4 Å². The van der Waals surface area contributed by atoms with Crippen LogP contribution in [0.1, 0.15) is 32.1 Å². The van der Waals surface area contributed by atoms with Crippen LogP contribution in [0.5, 0.6) is 0 Å². The normalized spacial score (nSPS) is 35.3. The Bertz CT molecular complexity index is 408. The summed E-state index contributed by atoms with van der Waals surface area (Å²) >= 11 is 0. The lowest BCUT2D eigenvalue weighted by Gasteiger charge is -2.32. The molecule has 0 bridgehead atoms. The zero-order valence-corrected chi connectivity index (χ0v) is 11.4. The molecule has 1 aliphatic carbocycles. The maximum atomic E-state index is 12.0. The minimum Gasteiger partial charge on any atom is -0.353 e. The molecular formula is C12H22N2O3S. The molecule has 0 aromatic carbocycles. The maximum absolute atomic E-state index is 12.0. The Hall–Kier alpha value is -0.620. The van der Waals surface area contributed by atoms with Crippen molar-refractivity contribution in [2.24, 2.45) is 17.6 Å². The fourth-order valence-electron chi connectivity index (χ4n) is 2.98. The van der Waals surface area contributed by atoms with Crippen LogP contribution in [0.25, 0.3) is 0 Å². The summed E-state index contributed by atoms with van der Waals surface area (Å²) in [4.78, 5) is 12.0. The third-order valence-corrected chi connectivity index (χ3v) is 5.91. The summed E-state index contributed by atoms with van der Waals surface area (Å²) in [5.74, 6) is 0.0621. The molecule has 2 fully saturated rings. The summed E-state index contributed by atoms with van der Waals surface area (Å²) in [6.45, 7) is 0.591. The van der Waals surface area contributed by atoms with Gasteiger partial charge in [0, 0.05) is 6.04 Å². The van der Waals surface area contributed by atoms with Crippen molar-refractivity contribution in [2.45, 2.75) is 38.1 Å². The van der Waals surface area contributed by atoms with Gasteiger partial charge in [0.1, 0.15) is 0 Å². The van der Waals surface area contributed by atoms with E-state index in [0.29, 0.717) is 18.9 Å². The molecule has 1 aliphatic heterocycles. The molecule has 2 aliphatic rings. The summed E-state index contributed by atoms with van der Waals surface area (Å²) in [6.07, 6.45) is 4.78. The van der Waals surface area contributed by atoms with E-state index in [1.54, 1.807) is 0 Å². The zero-order valence-electron chi connectivity index (χ0n) is 10.6. The smallest absolute Gasteiger partial charge is 0.224 e. The molecule has 0 aromatic rings. The van der Waals surface area contributed by atoms with Crippen LogP contribution in [-0.2, 0) is 14.6 Å². The number of nitrogens with two attached hydrogens (primary N) is 1. The summed E-state index contributed by atoms with van der Waals surface area (Å²) in [7, 11) is -2.99. The monoisotopic (exact) mass is 274 g/mol. The predicted octanol–water partition coefficient (Wildman–Crippen LogP) is 0.0548. The van der Waals surface area contributed by atoms with E-state index in [-0.39, 0.29) is 29.4 Å². The topological polar surface area (TPSA) is 89.3 Å². The first-order chi connectivity index (χ1) is 8.52. The molecule has 0 spiro atoms. The first-order valence-electron chi connectivity index (χ1n) is 6.72. The standard InChI is InChI=1S/C12H22N2O3S/c13-7-9-3-1-2-4-11(9)14-12(15)10-5-6-18(16,17)8-10/h9-11H,1-8,13H2,(H,14,15). The van der Waals surface area contributed by atoms with Crippen LogP contribution in [0.3, 0.4) is 0 Å². The van der Waals surface area contributed by atoms with Gasteiger partial charge in [0.05, 0.1) is 17.4 Å². The number of amides is 1. The van der Waals surface area contributed by atoms with E-state index in [4.69, 9.17) is 5.73 Å². The number of hydrogen-bond acceptors (Lipinski definition) is 4. The Balaban J connectivity index is 1.90. The average Bonchev–Trinajstić information content (AvgIpc) is 2.70. The van der Waals surface area contributed by atoms with Crippen molar-refractivity contribution in [3.63, 3.8) is 0 Å². The van der Waals surface area contributed by atoms with E-state index < -0.39 is 9.84 Å². The Morgan fingerprint density at radius 2 is 1.94 bits per heavy atom. The van der Waals surface area contributed by atoms with E-state index in [0.717, 1.165) is 19.3 Å². The van der Waals surface area contributed by atoms with Crippen molar-refractivity contribution in [1.82, 2.24) is 5.32 Å². The highest BCUT2D eigenvalue weighted by atomic mass is 32.2. The minimum atomic E-state index is -2.99. The van der Waals surface area contributed by atoms with Crippen molar-refractivity contribution >= 4 is 15.7 Å². The summed E-state index contributed by atoms with van der Waals surface area (Å²) in [5, 5.41) is 3.02. The van der Waals surface area contributed by atoms with Gasteiger partial charge in [-0.3, -0.25) is 4.79 Å². The second kappa shape index (κ2) is 5.57. The van der Waals surface area contributed by atoms with E-state index in [1.807, 2.05) is 0 Å². The van der Waals surface area contributed by atoms with Gasteiger partial charge in [-0.1, -0.05) is 12.8 Å². The Morgan fingerprint density at radius 1 is 1.22 bits per heavy atom. The fourth-order valence-corrected chi connectivity index (χ4v) is 4.72. The van der Waals surface area contributed by atoms with Gasteiger partial charge in [0.15, 0.2) is 9.84 Å². The molecule has 1 heterocycles. The molecule has 1 saturated heterocycles. The lowest BCUT2D eigenvalue weighted by atomic mass is 9.84. The molecule has 18 heavy (non-hydrogen) atoms. The molecule has 1 amide bonds. The molecule has 1 saturated carbocycles. The van der Waals surface area contributed by atoms with Crippen LogP contribution < -0.4 is 11.1 Å². The average molecular weight is 274 g/mol. The van der Waals surface area contributed by atoms with Gasteiger partial charge >= 0.3 is 0 Å². The van der Waals surface area contributed by atoms with Crippen LogP contribution in [0.15, 0.2) is 0 Å². The molecule has 5 nitrogen and oxygen atoms in total. The van der Waals surface area contributed by atoms with Gasteiger partial charge < -0.3 is 11.1 Å². The largest absolute Gasteiger partial charge is 0.353 e. The lowest BCUT2D eigenvalue weighted by Crippen LogP contribution is -2.47. The van der Waals surface area contributed by atoms with Crippen molar-refractivity contribution in [2.75, 3.05) is 18.1 Å². The second-order valence-corrected chi connectivity index (χ2v) is 7.72. The molecule has 0 radical (unpaired) electrons. The predicted molar refractivity (Wildman–Crippen MR) is 69.7 cm³/mol. The first kappa shape index (κ1) is 13.8. The SMILES string of the molecule is NCC1CCCCC1NC(=O)C1CCS(=O)(=O)C1. The molecule has 3 atom stereocenters. The number of carbonyl (C=O) groups is 1. The van der Waals surface area contributed by atoms with E-state index in [1.165, 1.54) is 6.42 Å². The molecular weight excluding hydrogens is 252 g/mol. The van der Waals surface area contributed by atoms with Gasteiger partial charge in [-0.05, 0) is 31.7 Å². The van der Waals surface area contributed by atoms with Gasteiger partial charge in [-0.15, -0.1) is 0 Å². The van der Waals surface area contributed by atoms with Crippen molar-refractivity contribution in [1.29, 1.82) is 0 Å². The lowest BCUT2D eigenvalue weighted by molar-refractivity contribution is -0.125. The molecule has 0 aromatic heterocycles. The number of hydrogen-bond donors (Lipinski definition) is 2. The van der Waals surface area contributed by atoms with E-state index >= 15 is 0 Å². The number of rotatable bonds is 3. The summed E-state index contributed by atoms with van der Waals surface area (Å²) in [5.41, 5.74) is 5.72. The Kier molecular flexibility index (Phi) is 4.27. The van der Waals surface area contributed by atoms with Gasteiger partial charge in [-0.25, -0.2) is 8.42 Å². The summed E-state index contributed by atoms with van der Waals surface area (Å²) in [6, 6.07) is 0.138. The van der Waals surface area contributed by atoms with Crippen molar-refractivity contribution < 1.29 is 13.2 Å². The Morgan fingerprint density at radius 3 is 2.56 bits per heavy atom. The van der Waals surface area contributed by atoms with Crippen LogP contribution in [0, 0.1) is 11.8 Å². The molecule has 3 N–H and O–H groups in total. The quantitative estimate of drug-likeness (QED) is 0.761. The van der Waals surface area contributed by atoms with Gasteiger partial charge in [0.25, 0.3) is 0 Å². The van der Waals surface area contributed by atoms with Crippen molar-refractivity contribution in [3.8, 4) is 0 Å². The summed E-state index contributed by atoms with van der Waals surface area (Å²) < 4.78 is 22.7. The zero-order chi connectivity index (χ0) is 13.2. The third-order valence-electron chi connectivity index (χ3n) is 4.14. The van der Waals surface area contributed by atoms with Crippen LogP contribution in [0.4, 0.5) is 0 Å². The molecule has 2 rings (SSSR count). The van der Waals surface area contributed by atoms with Crippen molar-refractivity contribution in [3.05, 3.63) is 0 Å². The minimum absolute atomic E-state index is 0.0127. The van der Waals surface area contributed by atoms with Crippen LogP contribution in [0.2, 0.25) is 0 Å². The maximum Gasteiger partial charge on any atom is 0.224 e. The van der Waals surface area contributed by atoms with Crippen LogP contribution >= 0.6 is 0 Å². The number of sulfone groups is 1. The van der Waals surface area contributed by atoms with E-state index in [2.05, 4.69) is 5.32 Å². The molecule has 104 valence electrons. The van der Waals surface area contributed by atoms with E-state index in [9.17, 15) is 13.2 Å². The first-order valence-corrected chi connectivity index (χ1v) is 8.55. The number of nitrogens with one attached hydrogen (secondary N) is 1. The second-order valence-electron chi connectivity index (χ2n) is 5.50. The highest BCUT2D eigenvalue weighted by molar-refractivity contribution is 7.91. The molecule has 6 heteroatoms. The third kappa shape index (κ3) is 3.23. The number of carbonyl (C=O) groups excluding carboxylic acids is 1.